The number of hydrogen-bond donors (Lipinski definition) is 0. The number of hydrogen-bond acceptors (Lipinski definition) is 1. The molecule has 19 heavy (non-hydrogen) atoms. The number of benzene rings is 1. The number of ketones is 1. The molecule has 0 amide bonds. The van der Waals surface area contributed by atoms with Crippen molar-refractivity contribution >= 4 is 5.78 Å². The molecule has 1 aromatic rings. The van der Waals surface area contributed by atoms with Crippen molar-refractivity contribution in [3.8, 4) is 0 Å². The number of rotatable bonds is 5. The normalized spacial score (nSPS) is 23.3. The summed E-state index contributed by atoms with van der Waals surface area (Å²) in [5.74, 6) is 1.93. The Morgan fingerprint density at radius 3 is 2.21 bits per heavy atom. The van der Waals surface area contributed by atoms with E-state index >= 15 is 0 Å². The Bertz CT molecular complexity index is 396. The molecule has 1 fully saturated rings. The lowest BCUT2D eigenvalue weighted by atomic mass is 9.77. The van der Waals surface area contributed by atoms with Crippen molar-refractivity contribution in [2.75, 3.05) is 0 Å². The molecule has 0 aromatic heterocycles. The van der Waals surface area contributed by atoms with Gasteiger partial charge in [-0.05, 0) is 43.1 Å². The van der Waals surface area contributed by atoms with E-state index in [1.165, 1.54) is 44.1 Å². The van der Waals surface area contributed by atoms with E-state index in [2.05, 4.69) is 19.1 Å². The lowest BCUT2D eigenvalue weighted by Crippen LogP contribution is -2.13. The van der Waals surface area contributed by atoms with E-state index in [0.717, 1.165) is 17.4 Å². The van der Waals surface area contributed by atoms with E-state index in [0.29, 0.717) is 6.42 Å². The van der Waals surface area contributed by atoms with Crippen molar-refractivity contribution in [3.05, 3.63) is 35.4 Å². The topological polar surface area (TPSA) is 17.1 Å². The molecular weight excluding hydrogens is 232 g/mol. The molecule has 104 valence electrons. The minimum atomic E-state index is 0.248. The summed E-state index contributed by atoms with van der Waals surface area (Å²) in [5, 5.41) is 0. The largest absolute Gasteiger partial charge is 0.294 e. The van der Waals surface area contributed by atoms with E-state index < -0.39 is 0 Å². The average Bonchev–Trinajstić information content (AvgIpc) is 2.48. The molecule has 0 spiro atoms. The van der Waals surface area contributed by atoms with Gasteiger partial charge in [-0.3, -0.25) is 4.79 Å². The maximum absolute atomic E-state index is 11.6. The van der Waals surface area contributed by atoms with Crippen LogP contribution in [0.4, 0.5) is 0 Å². The Labute approximate surface area is 117 Å². The van der Waals surface area contributed by atoms with E-state index in [1.807, 2.05) is 19.1 Å². The third-order valence-corrected chi connectivity index (χ3v) is 4.57. The smallest absolute Gasteiger partial charge is 0.162 e. The van der Waals surface area contributed by atoms with E-state index in [-0.39, 0.29) is 5.78 Å². The van der Waals surface area contributed by atoms with Gasteiger partial charge in [-0.1, -0.05) is 51.0 Å². The molecule has 0 saturated heterocycles. The third-order valence-electron chi connectivity index (χ3n) is 4.57. The molecule has 0 N–H and O–H groups in total. The molecule has 1 aliphatic rings. The van der Waals surface area contributed by atoms with Gasteiger partial charge in [0.05, 0.1) is 0 Å². The highest BCUT2D eigenvalue weighted by Gasteiger charge is 2.21. The summed E-state index contributed by atoms with van der Waals surface area (Å²) in [4.78, 5) is 11.6. The number of Topliss-reactive ketones (excluding diaryl/α,β-unsaturated/α-hetero) is 1. The van der Waals surface area contributed by atoms with E-state index in [9.17, 15) is 4.79 Å². The molecule has 0 unspecified atom stereocenters. The van der Waals surface area contributed by atoms with Crippen LogP contribution in [0.15, 0.2) is 24.3 Å². The van der Waals surface area contributed by atoms with Crippen LogP contribution in [-0.4, -0.2) is 5.78 Å². The first-order chi connectivity index (χ1) is 9.24. The van der Waals surface area contributed by atoms with Crippen molar-refractivity contribution in [2.45, 2.75) is 64.7 Å². The lowest BCUT2D eigenvalue weighted by molar-refractivity contribution is 0.0988. The van der Waals surface area contributed by atoms with Gasteiger partial charge in [0.15, 0.2) is 5.78 Å². The molecule has 0 aliphatic heterocycles. The van der Waals surface area contributed by atoms with Gasteiger partial charge in [-0.15, -0.1) is 0 Å². The van der Waals surface area contributed by atoms with Gasteiger partial charge >= 0.3 is 0 Å². The molecule has 1 aromatic carbocycles. The number of carbonyl (C=O) groups excluding carboxylic acids is 1. The van der Waals surface area contributed by atoms with Crippen molar-refractivity contribution in [1.29, 1.82) is 0 Å². The Kier molecular flexibility index (Phi) is 5.18. The molecule has 1 aliphatic carbocycles. The first-order valence-electron chi connectivity index (χ1n) is 7.87. The van der Waals surface area contributed by atoms with E-state index in [1.54, 1.807) is 0 Å². The fraction of sp³-hybridized carbons (Fsp3) is 0.611. The molecule has 0 bridgehead atoms. The zero-order chi connectivity index (χ0) is 13.7. The van der Waals surface area contributed by atoms with Crippen molar-refractivity contribution in [3.63, 3.8) is 0 Å². The summed E-state index contributed by atoms with van der Waals surface area (Å²) >= 11 is 0. The quantitative estimate of drug-likeness (QED) is 0.650. The fourth-order valence-corrected chi connectivity index (χ4v) is 3.34. The second-order valence-electron chi connectivity index (χ2n) is 5.91. The van der Waals surface area contributed by atoms with E-state index in [4.69, 9.17) is 0 Å². The van der Waals surface area contributed by atoms with Gasteiger partial charge in [0.25, 0.3) is 0 Å². The Morgan fingerprint density at radius 1 is 1.05 bits per heavy atom. The van der Waals surface area contributed by atoms with Crippen LogP contribution in [0.2, 0.25) is 0 Å². The highest BCUT2D eigenvalue weighted by molar-refractivity contribution is 5.95. The van der Waals surface area contributed by atoms with Crippen LogP contribution in [0.5, 0.6) is 0 Å². The maximum atomic E-state index is 11.6. The molecule has 1 saturated carbocycles. The van der Waals surface area contributed by atoms with Crippen LogP contribution in [0.3, 0.4) is 0 Å². The van der Waals surface area contributed by atoms with Gasteiger partial charge in [0, 0.05) is 12.0 Å². The van der Waals surface area contributed by atoms with Gasteiger partial charge in [-0.25, -0.2) is 0 Å². The van der Waals surface area contributed by atoms with Crippen molar-refractivity contribution < 1.29 is 4.79 Å². The molecular formula is C18H26O. The standard InChI is InChI=1S/C18H26O/c1-3-5-14-6-8-15(9-7-14)16-10-12-17(13-11-16)18(19)4-2/h10-15H,3-9H2,1-2H3. The summed E-state index contributed by atoms with van der Waals surface area (Å²) in [6, 6.07) is 8.38. The van der Waals surface area contributed by atoms with Crippen LogP contribution in [0.25, 0.3) is 0 Å². The van der Waals surface area contributed by atoms with Crippen LogP contribution >= 0.6 is 0 Å². The van der Waals surface area contributed by atoms with Crippen LogP contribution < -0.4 is 0 Å². The molecule has 0 heterocycles. The minimum absolute atomic E-state index is 0.248. The Hall–Kier alpha value is -1.11. The summed E-state index contributed by atoms with van der Waals surface area (Å²) in [5.41, 5.74) is 2.30. The predicted molar refractivity (Wildman–Crippen MR) is 80.7 cm³/mol. The molecule has 0 radical (unpaired) electrons. The summed E-state index contributed by atoms with van der Waals surface area (Å²) in [6.07, 6.45) is 8.74. The highest BCUT2D eigenvalue weighted by Crippen LogP contribution is 2.37. The minimum Gasteiger partial charge on any atom is -0.294 e. The first kappa shape index (κ1) is 14.3. The van der Waals surface area contributed by atoms with Crippen LogP contribution in [0.1, 0.15) is 80.6 Å². The average molecular weight is 258 g/mol. The monoisotopic (exact) mass is 258 g/mol. The second-order valence-corrected chi connectivity index (χ2v) is 5.91. The second kappa shape index (κ2) is 6.88. The molecule has 2 rings (SSSR count). The SMILES string of the molecule is CCCC1CCC(c2ccc(C(=O)CC)cc2)CC1. The Morgan fingerprint density at radius 2 is 1.68 bits per heavy atom. The predicted octanol–water partition coefficient (Wildman–Crippen LogP) is 5.35. The molecule has 1 heteroatoms. The Balaban J connectivity index is 1.94. The third kappa shape index (κ3) is 3.68. The number of carbonyl (C=O) groups is 1. The van der Waals surface area contributed by atoms with Gasteiger partial charge < -0.3 is 0 Å². The van der Waals surface area contributed by atoms with Gasteiger partial charge in [0.1, 0.15) is 0 Å². The first-order valence-corrected chi connectivity index (χ1v) is 7.87. The summed E-state index contributed by atoms with van der Waals surface area (Å²) in [7, 11) is 0. The zero-order valence-electron chi connectivity index (χ0n) is 12.3. The van der Waals surface area contributed by atoms with Gasteiger partial charge in [0.2, 0.25) is 0 Å². The van der Waals surface area contributed by atoms with Crippen molar-refractivity contribution in [1.82, 2.24) is 0 Å². The fourth-order valence-electron chi connectivity index (χ4n) is 3.34. The van der Waals surface area contributed by atoms with Gasteiger partial charge in [-0.2, -0.15) is 0 Å². The summed E-state index contributed by atoms with van der Waals surface area (Å²) < 4.78 is 0. The lowest BCUT2D eigenvalue weighted by Gasteiger charge is -2.28. The molecule has 0 atom stereocenters. The maximum Gasteiger partial charge on any atom is 0.162 e. The van der Waals surface area contributed by atoms with Crippen LogP contribution in [0, 0.1) is 5.92 Å². The summed E-state index contributed by atoms with van der Waals surface area (Å²) in [6.45, 7) is 4.21. The molecule has 1 nitrogen and oxygen atoms in total. The zero-order valence-corrected chi connectivity index (χ0v) is 12.3. The highest BCUT2D eigenvalue weighted by atomic mass is 16.1. The van der Waals surface area contributed by atoms with Crippen molar-refractivity contribution in [2.24, 2.45) is 5.92 Å². The van der Waals surface area contributed by atoms with Crippen LogP contribution in [-0.2, 0) is 0 Å².